The van der Waals surface area contributed by atoms with Gasteiger partial charge in [-0.2, -0.15) is 13.2 Å². The number of hydrogen-bond acceptors (Lipinski definition) is 9. The lowest BCUT2D eigenvalue weighted by Crippen LogP contribution is -2.10. The zero-order valence-corrected chi connectivity index (χ0v) is 18.1. The van der Waals surface area contributed by atoms with Gasteiger partial charge in [-0.15, -0.1) is 15.3 Å². The van der Waals surface area contributed by atoms with Gasteiger partial charge in [-0.25, -0.2) is 18.1 Å². The predicted octanol–water partition coefficient (Wildman–Crippen LogP) is 2.23. The lowest BCUT2D eigenvalue weighted by molar-refractivity contribution is -0.141. The van der Waals surface area contributed by atoms with Gasteiger partial charge in [0.25, 0.3) is 0 Å². The number of fused-ring (bicyclic) bond motifs is 1. The Labute approximate surface area is 184 Å². The normalized spacial score (nSPS) is 14.8. The van der Waals surface area contributed by atoms with Gasteiger partial charge >= 0.3 is 6.18 Å². The molecule has 0 aromatic carbocycles. The highest BCUT2D eigenvalue weighted by molar-refractivity contribution is 7.91. The van der Waals surface area contributed by atoms with Gasteiger partial charge in [0.05, 0.1) is 16.7 Å². The molecule has 4 aromatic heterocycles. The van der Waals surface area contributed by atoms with Crippen molar-refractivity contribution in [3.63, 3.8) is 0 Å². The van der Waals surface area contributed by atoms with Gasteiger partial charge in [0.1, 0.15) is 11.2 Å². The molecule has 0 bridgehead atoms. The van der Waals surface area contributed by atoms with Gasteiger partial charge in [0.2, 0.25) is 0 Å². The lowest BCUT2D eigenvalue weighted by Gasteiger charge is -2.11. The summed E-state index contributed by atoms with van der Waals surface area (Å²) < 4.78 is 68.0. The summed E-state index contributed by atoms with van der Waals surface area (Å²) in [6, 6.07) is 2.33. The van der Waals surface area contributed by atoms with E-state index in [1.807, 2.05) is 0 Å². The summed E-state index contributed by atoms with van der Waals surface area (Å²) in [6.45, 7) is 1.48. The largest absolute Gasteiger partial charge is 0.435 e. The van der Waals surface area contributed by atoms with Crippen molar-refractivity contribution in [3.8, 4) is 22.9 Å². The van der Waals surface area contributed by atoms with Crippen LogP contribution in [0.3, 0.4) is 0 Å². The fourth-order valence-corrected chi connectivity index (χ4v) is 4.47. The number of aryl methyl sites for hydroxylation is 1. The SMILES string of the molecule is CCS(=O)(=O)c1cc(-c2nnnn2C2CC2)cnc1-c1nc2cc(C(F)(F)F)nnc2n1C. The zero-order valence-electron chi connectivity index (χ0n) is 17.3. The fourth-order valence-electron chi connectivity index (χ4n) is 3.41. The monoisotopic (exact) mass is 479 g/mol. The molecule has 1 saturated carbocycles. The van der Waals surface area contributed by atoms with E-state index >= 15 is 0 Å². The Balaban J connectivity index is 1.70. The average molecular weight is 479 g/mol. The first-order chi connectivity index (χ1) is 15.6. The second-order valence-electron chi connectivity index (χ2n) is 7.58. The predicted molar refractivity (Wildman–Crippen MR) is 107 cm³/mol. The van der Waals surface area contributed by atoms with Crippen molar-refractivity contribution in [2.24, 2.45) is 7.05 Å². The van der Waals surface area contributed by atoms with Crippen LogP contribution in [0.25, 0.3) is 34.1 Å². The number of aromatic nitrogens is 9. The number of nitrogens with zero attached hydrogens (tertiary/aromatic N) is 9. The van der Waals surface area contributed by atoms with Crippen molar-refractivity contribution in [2.75, 3.05) is 5.75 Å². The Morgan fingerprint density at radius 1 is 1.12 bits per heavy atom. The first-order valence-corrected chi connectivity index (χ1v) is 11.5. The second-order valence-corrected chi connectivity index (χ2v) is 9.83. The molecule has 0 aliphatic heterocycles. The van der Waals surface area contributed by atoms with Crippen LogP contribution in [0.15, 0.2) is 23.2 Å². The Morgan fingerprint density at radius 3 is 2.55 bits per heavy atom. The number of tetrazole rings is 1. The third-order valence-electron chi connectivity index (χ3n) is 5.33. The molecule has 4 heterocycles. The van der Waals surface area contributed by atoms with E-state index in [1.165, 1.54) is 30.8 Å². The Morgan fingerprint density at radius 2 is 1.88 bits per heavy atom. The minimum atomic E-state index is -4.69. The number of rotatable bonds is 5. The number of imidazole rings is 1. The smallest absolute Gasteiger partial charge is 0.309 e. The van der Waals surface area contributed by atoms with Crippen LogP contribution in [0.1, 0.15) is 31.5 Å². The van der Waals surface area contributed by atoms with Gasteiger partial charge in [-0.3, -0.25) is 4.98 Å². The third-order valence-corrected chi connectivity index (χ3v) is 7.07. The Kier molecular flexibility index (Phi) is 4.70. The summed E-state index contributed by atoms with van der Waals surface area (Å²) in [5.74, 6) is 0.203. The topological polar surface area (TPSA) is 134 Å². The zero-order chi connectivity index (χ0) is 23.5. The van der Waals surface area contributed by atoms with Crippen molar-refractivity contribution >= 4 is 21.0 Å². The van der Waals surface area contributed by atoms with E-state index in [9.17, 15) is 21.6 Å². The number of sulfone groups is 1. The summed E-state index contributed by atoms with van der Waals surface area (Å²) in [5.41, 5.74) is -0.836. The minimum absolute atomic E-state index is 0.0138. The summed E-state index contributed by atoms with van der Waals surface area (Å²) in [4.78, 5) is 8.40. The molecule has 0 atom stereocenters. The quantitative estimate of drug-likeness (QED) is 0.422. The van der Waals surface area contributed by atoms with Gasteiger partial charge in [-0.1, -0.05) is 6.92 Å². The highest BCUT2D eigenvalue weighted by atomic mass is 32.2. The molecule has 0 radical (unpaired) electrons. The molecule has 1 aliphatic carbocycles. The van der Waals surface area contributed by atoms with E-state index in [2.05, 4.69) is 35.7 Å². The van der Waals surface area contributed by atoms with Crippen LogP contribution in [0.2, 0.25) is 0 Å². The number of pyridine rings is 1. The molecule has 4 aromatic rings. The number of alkyl halides is 3. The average Bonchev–Trinajstić information content (AvgIpc) is 3.42. The van der Waals surface area contributed by atoms with Crippen LogP contribution < -0.4 is 0 Å². The van der Waals surface area contributed by atoms with Crippen molar-refractivity contribution in [2.45, 2.75) is 36.9 Å². The first-order valence-electron chi connectivity index (χ1n) is 9.89. The maximum atomic E-state index is 13.0. The second kappa shape index (κ2) is 7.26. The van der Waals surface area contributed by atoms with E-state index in [0.717, 1.165) is 18.9 Å². The van der Waals surface area contributed by atoms with E-state index in [-0.39, 0.29) is 39.4 Å². The summed E-state index contributed by atoms with van der Waals surface area (Å²) in [6.07, 6.45) is -1.43. The van der Waals surface area contributed by atoms with Crippen LogP contribution in [-0.2, 0) is 23.1 Å². The van der Waals surface area contributed by atoms with E-state index in [1.54, 1.807) is 4.68 Å². The maximum absolute atomic E-state index is 13.0. The lowest BCUT2D eigenvalue weighted by atomic mass is 10.2. The molecule has 5 rings (SSSR count). The van der Waals surface area contributed by atoms with E-state index in [0.29, 0.717) is 11.4 Å². The van der Waals surface area contributed by atoms with Gasteiger partial charge < -0.3 is 4.57 Å². The molecule has 0 amide bonds. The fraction of sp³-hybridized carbons (Fsp3) is 0.389. The number of hydrogen-bond donors (Lipinski definition) is 0. The van der Waals surface area contributed by atoms with E-state index in [4.69, 9.17) is 0 Å². The molecule has 11 nitrogen and oxygen atoms in total. The molecular weight excluding hydrogens is 463 g/mol. The number of halogens is 3. The van der Waals surface area contributed by atoms with Crippen molar-refractivity contribution in [1.82, 2.24) is 44.9 Å². The summed E-state index contributed by atoms with van der Waals surface area (Å²) in [5, 5.41) is 18.5. The molecule has 172 valence electrons. The first kappa shape index (κ1) is 21.4. The molecular formula is C18H16F3N9O2S. The highest BCUT2D eigenvalue weighted by Gasteiger charge is 2.34. The van der Waals surface area contributed by atoms with Crippen LogP contribution in [0, 0.1) is 0 Å². The molecule has 0 N–H and O–H groups in total. The maximum Gasteiger partial charge on any atom is 0.435 e. The molecule has 1 fully saturated rings. The molecule has 1 aliphatic rings. The highest BCUT2D eigenvalue weighted by Crippen LogP contribution is 2.38. The standard InChI is InChI=1S/C18H16F3N9O2S/c1-3-33(31,32)12-6-9(15-26-27-28-30(15)10-4-5-10)8-22-14(12)17-23-11-7-13(18(19,20)21)24-25-16(11)29(17)2/h6-8,10H,3-5H2,1-2H3. The summed E-state index contributed by atoms with van der Waals surface area (Å²) in [7, 11) is -2.31. The Bertz CT molecular complexity index is 1490. The van der Waals surface area contributed by atoms with Crippen LogP contribution in [0.5, 0.6) is 0 Å². The minimum Gasteiger partial charge on any atom is -0.309 e. The van der Waals surface area contributed by atoms with Gasteiger partial charge in [0.15, 0.2) is 32.8 Å². The van der Waals surface area contributed by atoms with Gasteiger partial charge in [0, 0.05) is 24.9 Å². The van der Waals surface area contributed by atoms with Crippen LogP contribution in [-0.4, -0.2) is 59.1 Å². The van der Waals surface area contributed by atoms with Gasteiger partial charge in [-0.05, 0) is 29.3 Å². The van der Waals surface area contributed by atoms with E-state index < -0.39 is 21.7 Å². The molecule has 0 unspecified atom stereocenters. The molecule has 0 spiro atoms. The molecule has 0 saturated heterocycles. The van der Waals surface area contributed by atoms with Crippen LogP contribution in [0.4, 0.5) is 13.2 Å². The molecule has 33 heavy (non-hydrogen) atoms. The van der Waals surface area contributed by atoms with Crippen molar-refractivity contribution in [1.29, 1.82) is 0 Å². The third kappa shape index (κ3) is 3.61. The van der Waals surface area contributed by atoms with Crippen molar-refractivity contribution < 1.29 is 21.6 Å². The molecule has 15 heteroatoms. The van der Waals surface area contributed by atoms with Crippen molar-refractivity contribution in [3.05, 3.63) is 24.0 Å². The van der Waals surface area contributed by atoms with Crippen LogP contribution >= 0.6 is 0 Å². The summed E-state index contributed by atoms with van der Waals surface area (Å²) >= 11 is 0. The Hall–Kier alpha value is -3.49.